The van der Waals surface area contributed by atoms with Gasteiger partial charge in [0.2, 0.25) is 15.9 Å². The van der Waals surface area contributed by atoms with E-state index in [1.54, 1.807) is 25.1 Å². The molecule has 0 saturated carbocycles. The Hall–Kier alpha value is -0.820. The maximum atomic E-state index is 11.6. The van der Waals surface area contributed by atoms with E-state index in [2.05, 4.69) is 10.0 Å². The maximum absolute atomic E-state index is 11.6. The van der Waals surface area contributed by atoms with Gasteiger partial charge < -0.3 is 5.32 Å². The van der Waals surface area contributed by atoms with Gasteiger partial charge in [-0.15, -0.1) is 0 Å². The van der Waals surface area contributed by atoms with E-state index in [1.807, 2.05) is 0 Å². The zero-order valence-corrected chi connectivity index (χ0v) is 12.6. The molecule has 1 aromatic carbocycles. The molecule has 5 nitrogen and oxygen atoms in total. The van der Waals surface area contributed by atoms with E-state index in [1.165, 1.54) is 0 Å². The first-order valence-electron chi connectivity index (χ1n) is 5.57. The second-order valence-corrected chi connectivity index (χ2v) is 6.50. The summed E-state index contributed by atoms with van der Waals surface area (Å²) in [5.74, 6) is -0.526. The van der Waals surface area contributed by atoms with Crippen molar-refractivity contribution in [2.45, 2.75) is 13.3 Å². The van der Waals surface area contributed by atoms with Crippen molar-refractivity contribution in [2.75, 3.05) is 17.6 Å². The lowest BCUT2D eigenvalue weighted by molar-refractivity contribution is -0.115. The molecule has 8 heteroatoms. The second kappa shape index (κ2) is 7.09. The Morgan fingerprint density at radius 2 is 2.00 bits per heavy atom. The zero-order valence-electron chi connectivity index (χ0n) is 10.2. The van der Waals surface area contributed by atoms with Crippen LogP contribution in [-0.2, 0) is 14.8 Å². The molecule has 0 radical (unpaired) electrons. The molecule has 0 saturated heterocycles. The van der Waals surface area contributed by atoms with Gasteiger partial charge in [-0.05, 0) is 18.6 Å². The van der Waals surface area contributed by atoms with E-state index in [0.717, 1.165) is 0 Å². The Bertz CT molecular complexity index is 561. The van der Waals surface area contributed by atoms with E-state index in [4.69, 9.17) is 23.2 Å². The third-order valence-electron chi connectivity index (χ3n) is 2.15. The topological polar surface area (TPSA) is 75.3 Å². The predicted molar refractivity (Wildman–Crippen MR) is 77.2 cm³/mol. The number of benzene rings is 1. The van der Waals surface area contributed by atoms with Crippen LogP contribution < -0.4 is 10.0 Å². The van der Waals surface area contributed by atoms with Gasteiger partial charge in [-0.25, -0.2) is 13.1 Å². The molecule has 1 rings (SSSR count). The van der Waals surface area contributed by atoms with E-state index in [-0.39, 0.29) is 17.3 Å². The standard InChI is InChI=1S/C11H14Cl2N2O3S/c1-2-6-19(17,18)14-7-10(16)15-9-5-3-4-8(12)11(9)13/h3-5,14H,2,6-7H2,1H3,(H,15,16). The van der Waals surface area contributed by atoms with Crippen LogP contribution in [0.2, 0.25) is 10.0 Å². The molecular formula is C11H14Cl2N2O3S. The minimum absolute atomic E-state index is 0.0157. The third kappa shape index (κ3) is 5.36. The molecule has 0 unspecified atom stereocenters. The highest BCUT2D eigenvalue weighted by Crippen LogP contribution is 2.29. The lowest BCUT2D eigenvalue weighted by atomic mass is 10.3. The van der Waals surface area contributed by atoms with Crippen LogP contribution in [0, 0.1) is 0 Å². The molecule has 0 aliphatic rings. The Balaban J connectivity index is 2.59. The zero-order chi connectivity index (χ0) is 14.5. The van der Waals surface area contributed by atoms with Crippen LogP contribution in [0.1, 0.15) is 13.3 Å². The molecule has 0 aliphatic carbocycles. The lowest BCUT2D eigenvalue weighted by Crippen LogP contribution is -2.34. The highest BCUT2D eigenvalue weighted by atomic mass is 35.5. The van der Waals surface area contributed by atoms with E-state index in [0.29, 0.717) is 17.1 Å². The Morgan fingerprint density at radius 3 is 2.63 bits per heavy atom. The Kier molecular flexibility index (Phi) is 6.06. The Labute approximate surface area is 122 Å². The molecule has 1 amide bonds. The normalized spacial score (nSPS) is 11.3. The van der Waals surface area contributed by atoms with Crippen molar-refractivity contribution in [2.24, 2.45) is 0 Å². The van der Waals surface area contributed by atoms with Gasteiger partial charge in [0.25, 0.3) is 0 Å². The maximum Gasteiger partial charge on any atom is 0.239 e. The van der Waals surface area contributed by atoms with Crippen LogP contribution >= 0.6 is 23.2 Å². The van der Waals surface area contributed by atoms with Gasteiger partial charge in [-0.1, -0.05) is 36.2 Å². The van der Waals surface area contributed by atoms with Crippen LogP contribution in [0.3, 0.4) is 0 Å². The van der Waals surface area contributed by atoms with Gasteiger partial charge in [-0.2, -0.15) is 0 Å². The van der Waals surface area contributed by atoms with Crippen molar-refractivity contribution < 1.29 is 13.2 Å². The molecule has 0 fully saturated rings. The van der Waals surface area contributed by atoms with Crippen LogP contribution in [0.25, 0.3) is 0 Å². The van der Waals surface area contributed by atoms with Crippen LogP contribution in [-0.4, -0.2) is 26.6 Å². The number of halogens is 2. The molecule has 1 aromatic rings. The number of hydrogen-bond donors (Lipinski definition) is 2. The summed E-state index contributed by atoms with van der Waals surface area (Å²) in [4.78, 5) is 11.6. The quantitative estimate of drug-likeness (QED) is 0.842. The average molecular weight is 325 g/mol. The molecule has 106 valence electrons. The van der Waals surface area contributed by atoms with Crippen LogP contribution in [0.4, 0.5) is 5.69 Å². The monoisotopic (exact) mass is 324 g/mol. The summed E-state index contributed by atoms with van der Waals surface area (Å²) in [7, 11) is -3.41. The third-order valence-corrected chi connectivity index (χ3v) is 4.50. The summed E-state index contributed by atoms with van der Waals surface area (Å²) in [5.41, 5.74) is 0.342. The molecule has 2 N–H and O–H groups in total. The molecule has 0 spiro atoms. The number of hydrogen-bond acceptors (Lipinski definition) is 3. The summed E-state index contributed by atoms with van der Waals surface area (Å²) >= 11 is 11.7. The van der Waals surface area contributed by atoms with E-state index >= 15 is 0 Å². The van der Waals surface area contributed by atoms with E-state index in [9.17, 15) is 13.2 Å². The fourth-order valence-corrected chi connectivity index (χ4v) is 2.69. The molecule has 0 aromatic heterocycles. The van der Waals surface area contributed by atoms with Crippen LogP contribution in [0.5, 0.6) is 0 Å². The first-order chi connectivity index (χ1) is 8.85. The average Bonchev–Trinajstić information content (AvgIpc) is 2.33. The largest absolute Gasteiger partial charge is 0.324 e. The number of nitrogens with one attached hydrogen (secondary N) is 2. The molecular weight excluding hydrogens is 311 g/mol. The van der Waals surface area contributed by atoms with Gasteiger partial charge in [-0.3, -0.25) is 4.79 Å². The minimum atomic E-state index is -3.41. The first kappa shape index (κ1) is 16.2. The molecule has 0 bridgehead atoms. The second-order valence-electron chi connectivity index (χ2n) is 3.79. The van der Waals surface area contributed by atoms with E-state index < -0.39 is 15.9 Å². The van der Waals surface area contributed by atoms with Crippen molar-refractivity contribution in [3.63, 3.8) is 0 Å². The number of carbonyl (C=O) groups excluding carboxylic acids is 1. The summed E-state index contributed by atoms with van der Waals surface area (Å²) in [6.07, 6.45) is 0.483. The number of sulfonamides is 1. The number of carbonyl (C=O) groups is 1. The van der Waals surface area contributed by atoms with Gasteiger partial charge >= 0.3 is 0 Å². The lowest BCUT2D eigenvalue weighted by Gasteiger charge is -2.09. The summed E-state index contributed by atoms with van der Waals surface area (Å²) in [5, 5.41) is 3.01. The molecule has 19 heavy (non-hydrogen) atoms. The van der Waals surface area contributed by atoms with Crippen molar-refractivity contribution in [3.05, 3.63) is 28.2 Å². The highest BCUT2D eigenvalue weighted by molar-refractivity contribution is 7.89. The Morgan fingerprint density at radius 1 is 1.32 bits per heavy atom. The fraction of sp³-hybridized carbons (Fsp3) is 0.364. The van der Waals surface area contributed by atoms with Crippen molar-refractivity contribution in [1.82, 2.24) is 4.72 Å². The van der Waals surface area contributed by atoms with Gasteiger partial charge in [0.15, 0.2) is 0 Å². The predicted octanol–water partition coefficient (Wildman–Crippen LogP) is 2.26. The van der Waals surface area contributed by atoms with Crippen LogP contribution in [0.15, 0.2) is 18.2 Å². The number of amides is 1. The van der Waals surface area contributed by atoms with Gasteiger partial charge in [0, 0.05) is 0 Å². The molecule has 0 heterocycles. The minimum Gasteiger partial charge on any atom is -0.324 e. The van der Waals surface area contributed by atoms with Gasteiger partial charge in [0.1, 0.15) is 0 Å². The van der Waals surface area contributed by atoms with Crippen molar-refractivity contribution in [3.8, 4) is 0 Å². The number of rotatable bonds is 6. The van der Waals surface area contributed by atoms with Crippen molar-refractivity contribution in [1.29, 1.82) is 0 Å². The first-order valence-corrected chi connectivity index (χ1v) is 7.97. The van der Waals surface area contributed by atoms with Gasteiger partial charge in [0.05, 0.1) is 28.0 Å². The fourth-order valence-electron chi connectivity index (χ4n) is 1.31. The summed E-state index contributed by atoms with van der Waals surface area (Å²) in [6, 6.07) is 4.79. The molecule has 0 aliphatic heterocycles. The van der Waals surface area contributed by atoms with Crippen molar-refractivity contribution >= 4 is 44.8 Å². The summed E-state index contributed by atoms with van der Waals surface area (Å²) in [6.45, 7) is 1.40. The summed E-state index contributed by atoms with van der Waals surface area (Å²) < 4.78 is 24.9. The number of anilines is 1. The molecule has 0 atom stereocenters. The highest BCUT2D eigenvalue weighted by Gasteiger charge is 2.12. The smallest absolute Gasteiger partial charge is 0.239 e. The SMILES string of the molecule is CCCS(=O)(=O)NCC(=O)Nc1cccc(Cl)c1Cl.